The molecule has 2 rings (SSSR count). The molecule has 0 N–H and O–H groups in total. The molecular formula is C12H13NOS2. The number of hydrogen-bond donors (Lipinski definition) is 0. The van der Waals surface area contributed by atoms with Crippen molar-refractivity contribution < 1.29 is 4.74 Å². The van der Waals surface area contributed by atoms with Crippen LogP contribution in [0.15, 0.2) is 18.2 Å². The molecule has 4 heteroatoms. The Morgan fingerprint density at radius 2 is 2.06 bits per heavy atom. The molecule has 0 radical (unpaired) electrons. The molecule has 0 saturated carbocycles. The summed E-state index contributed by atoms with van der Waals surface area (Å²) in [5, 5.41) is 9.06. The molecule has 16 heavy (non-hydrogen) atoms. The third kappa shape index (κ3) is 2.02. The van der Waals surface area contributed by atoms with Gasteiger partial charge in [-0.25, -0.2) is 0 Å². The van der Waals surface area contributed by atoms with Crippen LogP contribution >= 0.6 is 23.5 Å². The largest absolute Gasteiger partial charge is 0.495 e. The highest BCUT2D eigenvalue weighted by atomic mass is 32.2. The van der Waals surface area contributed by atoms with Gasteiger partial charge in [-0.15, -0.1) is 23.5 Å². The number of benzene rings is 1. The lowest BCUT2D eigenvalue weighted by Gasteiger charge is -2.22. The first kappa shape index (κ1) is 11.7. The highest BCUT2D eigenvalue weighted by Crippen LogP contribution is 2.51. The van der Waals surface area contributed by atoms with Crippen LogP contribution in [0.5, 0.6) is 5.75 Å². The summed E-state index contributed by atoms with van der Waals surface area (Å²) in [7, 11) is 1.59. The van der Waals surface area contributed by atoms with Gasteiger partial charge in [0.1, 0.15) is 11.8 Å². The molecular weight excluding hydrogens is 238 g/mol. The second-order valence-corrected chi connectivity index (χ2v) is 6.95. The normalized spacial score (nSPS) is 18.1. The van der Waals surface area contributed by atoms with Crippen molar-refractivity contribution in [2.75, 3.05) is 18.6 Å². The SMILES string of the molecule is COc1ccc(C2(C)SCCS2)cc1C#N. The predicted octanol–water partition coefficient (Wildman–Crippen LogP) is 3.22. The molecule has 0 aliphatic carbocycles. The molecule has 0 aromatic heterocycles. The summed E-state index contributed by atoms with van der Waals surface area (Å²) in [5.74, 6) is 3.01. The fourth-order valence-corrected chi connectivity index (χ4v) is 4.63. The van der Waals surface area contributed by atoms with Gasteiger partial charge in [0.05, 0.1) is 16.8 Å². The van der Waals surface area contributed by atoms with Crippen molar-refractivity contribution in [3.05, 3.63) is 29.3 Å². The molecule has 1 saturated heterocycles. The summed E-state index contributed by atoms with van der Waals surface area (Å²) in [6.45, 7) is 2.22. The summed E-state index contributed by atoms with van der Waals surface area (Å²) in [5.41, 5.74) is 1.83. The minimum Gasteiger partial charge on any atom is -0.495 e. The molecule has 0 atom stereocenters. The van der Waals surface area contributed by atoms with Crippen LogP contribution in [0.25, 0.3) is 0 Å². The Hall–Kier alpha value is -0.790. The fraction of sp³-hybridized carbons (Fsp3) is 0.417. The van der Waals surface area contributed by atoms with Gasteiger partial charge < -0.3 is 4.74 Å². The minimum absolute atomic E-state index is 0.0951. The lowest BCUT2D eigenvalue weighted by Crippen LogP contribution is -2.08. The zero-order chi connectivity index (χ0) is 11.6. The molecule has 1 aliphatic rings. The Morgan fingerprint density at radius 1 is 1.38 bits per heavy atom. The zero-order valence-electron chi connectivity index (χ0n) is 9.32. The van der Waals surface area contributed by atoms with E-state index in [0.29, 0.717) is 11.3 Å². The van der Waals surface area contributed by atoms with Crippen LogP contribution in [-0.4, -0.2) is 18.6 Å². The Labute approximate surface area is 104 Å². The van der Waals surface area contributed by atoms with Crippen molar-refractivity contribution in [2.45, 2.75) is 11.0 Å². The van der Waals surface area contributed by atoms with Gasteiger partial charge in [0.2, 0.25) is 0 Å². The van der Waals surface area contributed by atoms with Crippen molar-refractivity contribution in [2.24, 2.45) is 0 Å². The number of methoxy groups -OCH3 is 1. The van der Waals surface area contributed by atoms with E-state index in [4.69, 9.17) is 10.00 Å². The molecule has 0 bridgehead atoms. The summed E-state index contributed by atoms with van der Waals surface area (Å²) in [6, 6.07) is 8.08. The van der Waals surface area contributed by atoms with Gasteiger partial charge in [-0.1, -0.05) is 6.07 Å². The molecule has 1 aromatic carbocycles. The van der Waals surface area contributed by atoms with E-state index in [1.807, 2.05) is 35.7 Å². The third-order valence-electron chi connectivity index (χ3n) is 2.68. The summed E-state index contributed by atoms with van der Waals surface area (Å²) in [6.07, 6.45) is 0. The van der Waals surface area contributed by atoms with Crippen LogP contribution in [-0.2, 0) is 4.08 Å². The fourth-order valence-electron chi connectivity index (χ4n) is 1.76. The first-order valence-corrected chi connectivity index (χ1v) is 7.03. The van der Waals surface area contributed by atoms with E-state index in [-0.39, 0.29) is 4.08 Å². The van der Waals surface area contributed by atoms with E-state index in [1.165, 1.54) is 17.1 Å². The summed E-state index contributed by atoms with van der Waals surface area (Å²) < 4.78 is 5.25. The lowest BCUT2D eigenvalue weighted by atomic mass is 10.1. The van der Waals surface area contributed by atoms with Crippen molar-refractivity contribution in [3.8, 4) is 11.8 Å². The topological polar surface area (TPSA) is 33.0 Å². The molecule has 2 nitrogen and oxygen atoms in total. The second kappa shape index (κ2) is 4.60. The van der Waals surface area contributed by atoms with Crippen LogP contribution < -0.4 is 4.74 Å². The lowest BCUT2D eigenvalue weighted by molar-refractivity contribution is 0.413. The van der Waals surface area contributed by atoms with Crippen molar-refractivity contribution >= 4 is 23.5 Å². The van der Waals surface area contributed by atoms with Gasteiger partial charge >= 0.3 is 0 Å². The number of hydrogen-bond acceptors (Lipinski definition) is 4. The standard InChI is InChI=1S/C12H13NOS2/c1-12(15-5-6-16-12)10-3-4-11(14-2)9(7-10)8-13/h3-4,7H,5-6H2,1-2H3. The van der Waals surface area contributed by atoms with Gasteiger partial charge in [-0.3, -0.25) is 0 Å². The molecule has 1 aliphatic heterocycles. The van der Waals surface area contributed by atoms with Crippen molar-refractivity contribution in [1.82, 2.24) is 0 Å². The number of nitrogens with zero attached hydrogens (tertiary/aromatic N) is 1. The molecule has 0 amide bonds. The number of rotatable bonds is 2. The molecule has 1 fully saturated rings. The van der Waals surface area contributed by atoms with Crippen LogP contribution in [0.2, 0.25) is 0 Å². The van der Waals surface area contributed by atoms with E-state index < -0.39 is 0 Å². The second-order valence-electron chi connectivity index (χ2n) is 3.67. The Bertz CT molecular complexity index is 433. The van der Waals surface area contributed by atoms with E-state index >= 15 is 0 Å². The van der Waals surface area contributed by atoms with Crippen molar-refractivity contribution in [1.29, 1.82) is 5.26 Å². The van der Waals surface area contributed by atoms with Crippen LogP contribution in [0.1, 0.15) is 18.1 Å². The number of nitriles is 1. The van der Waals surface area contributed by atoms with Gasteiger partial charge in [0, 0.05) is 11.5 Å². The number of ether oxygens (including phenoxy) is 1. The minimum atomic E-state index is 0.0951. The average Bonchev–Trinajstić information content (AvgIpc) is 2.76. The van der Waals surface area contributed by atoms with Gasteiger partial charge in [-0.05, 0) is 24.6 Å². The Balaban J connectivity index is 2.40. The maximum Gasteiger partial charge on any atom is 0.136 e. The Morgan fingerprint density at radius 3 is 2.62 bits per heavy atom. The molecule has 84 valence electrons. The maximum atomic E-state index is 9.06. The highest BCUT2D eigenvalue weighted by molar-refractivity contribution is 8.20. The smallest absolute Gasteiger partial charge is 0.136 e. The van der Waals surface area contributed by atoms with E-state index in [2.05, 4.69) is 19.1 Å². The molecule has 0 spiro atoms. The van der Waals surface area contributed by atoms with Crippen LogP contribution in [0, 0.1) is 11.3 Å². The quantitative estimate of drug-likeness (QED) is 0.808. The van der Waals surface area contributed by atoms with Gasteiger partial charge in [0.15, 0.2) is 0 Å². The summed E-state index contributed by atoms with van der Waals surface area (Å²) in [4.78, 5) is 0. The van der Waals surface area contributed by atoms with Crippen molar-refractivity contribution in [3.63, 3.8) is 0 Å². The maximum absolute atomic E-state index is 9.06. The number of thioether (sulfide) groups is 2. The van der Waals surface area contributed by atoms with Crippen LogP contribution in [0.3, 0.4) is 0 Å². The van der Waals surface area contributed by atoms with E-state index in [1.54, 1.807) is 7.11 Å². The molecule has 1 heterocycles. The predicted molar refractivity (Wildman–Crippen MR) is 70.0 cm³/mol. The van der Waals surface area contributed by atoms with Gasteiger partial charge in [-0.2, -0.15) is 5.26 Å². The molecule has 1 aromatic rings. The first-order valence-electron chi connectivity index (χ1n) is 5.06. The monoisotopic (exact) mass is 251 g/mol. The van der Waals surface area contributed by atoms with E-state index in [9.17, 15) is 0 Å². The zero-order valence-corrected chi connectivity index (χ0v) is 11.0. The summed E-state index contributed by atoms with van der Waals surface area (Å²) >= 11 is 3.89. The third-order valence-corrected chi connectivity index (χ3v) is 6.04. The highest BCUT2D eigenvalue weighted by Gasteiger charge is 2.32. The van der Waals surface area contributed by atoms with E-state index in [0.717, 1.165) is 0 Å². The van der Waals surface area contributed by atoms with Gasteiger partial charge in [0.25, 0.3) is 0 Å². The molecule has 0 unspecified atom stereocenters. The van der Waals surface area contributed by atoms with Crippen LogP contribution in [0.4, 0.5) is 0 Å². The Kier molecular flexibility index (Phi) is 3.36. The average molecular weight is 251 g/mol. The first-order chi connectivity index (χ1) is 7.69.